The Labute approximate surface area is 93.9 Å². The van der Waals surface area contributed by atoms with Crippen molar-refractivity contribution in [1.82, 2.24) is 4.37 Å². The van der Waals surface area contributed by atoms with Gasteiger partial charge in [-0.3, -0.25) is 4.79 Å². The van der Waals surface area contributed by atoms with Gasteiger partial charge in [0.25, 0.3) is 0 Å². The Morgan fingerprint density at radius 2 is 1.93 bits per heavy atom. The van der Waals surface area contributed by atoms with Crippen molar-refractivity contribution in [2.45, 2.75) is 0 Å². The van der Waals surface area contributed by atoms with Crippen molar-refractivity contribution in [3.8, 4) is 0 Å². The van der Waals surface area contributed by atoms with Crippen molar-refractivity contribution in [2.24, 2.45) is 0 Å². The summed E-state index contributed by atoms with van der Waals surface area (Å²) in [6.45, 7) is 0. The molecule has 0 aliphatic heterocycles. The molecule has 0 radical (unpaired) electrons. The molecule has 2 nitrogen and oxygen atoms in total. The quantitative estimate of drug-likeness (QED) is 0.783. The van der Waals surface area contributed by atoms with Crippen LogP contribution in [0, 0.1) is 0 Å². The van der Waals surface area contributed by atoms with Crippen molar-refractivity contribution in [1.29, 1.82) is 0 Å². The van der Waals surface area contributed by atoms with Gasteiger partial charge < -0.3 is 0 Å². The number of carbonyl (C=O) groups excluding carboxylic acids is 1. The van der Waals surface area contributed by atoms with Crippen LogP contribution in [0.25, 0.3) is 0 Å². The summed E-state index contributed by atoms with van der Waals surface area (Å²) in [6.07, 6.45) is 0. The average molecular weight is 268 g/mol. The lowest BCUT2D eigenvalue weighted by Gasteiger charge is -1.96. The minimum Gasteiger partial charge on any atom is -0.287 e. The maximum Gasteiger partial charge on any atom is 0.212 e. The van der Waals surface area contributed by atoms with Gasteiger partial charge in [-0.15, -0.1) is 0 Å². The lowest BCUT2D eigenvalue weighted by molar-refractivity contribution is 0.103. The monoisotopic (exact) mass is 267 g/mol. The molecule has 1 heterocycles. The molecule has 0 atom stereocenters. The topological polar surface area (TPSA) is 30.0 Å². The van der Waals surface area contributed by atoms with E-state index in [0.717, 1.165) is 4.47 Å². The van der Waals surface area contributed by atoms with E-state index < -0.39 is 0 Å². The third-order valence-corrected chi connectivity index (χ3v) is 2.87. The molecule has 0 saturated heterocycles. The first-order valence-electron chi connectivity index (χ1n) is 3.98. The Hall–Kier alpha value is -1.00. The fourth-order valence-corrected chi connectivity index (χ4v) is 1.85. The summed E-state index contributed by atoms with van der Waals surface area (Å²) in [5.41, 5.74) is 1.18. The van der Waals surface area contributed by atoms with E-state index >= 15 is 0 Å². The molecule has 0 unspecified atom stereocenters. The van der Waals surface area contributed by atoms with Gasteiger partial charge in [-0.2, -0.15) is 4.37 Å². The second kappa shape index (κ2) is 4.02. The minimum atomic E-state index is -0.0289. The molecule has 0 saturated carbocycles. The summed E-state index contributed by atoms with van der Waals surface area (Å²) in [7, 11) is 0. The average Bonchev–Trinajstić information content (AvgIpc) is 2.71. The van der Waals surface area contributed by atoms with Gasteiger partial charge in [0.2, 0.25) is 5.78 Å². The van der Waals surface area contributed by atoms with E-state index in [0.29, 0.717) is 11.3 Å². The van der Waals surface area contributed by atoms with Crippen LogP contribution in [0.1, 0.15) is 16.1 Å². The third kappa shape index (κ3) is 1.91. The molecule has 0 bridgehead atoms. The van der Waals surface area contributed by atoms with Gasteiger partial charge in [0.15, 0.2) is 0 Å². The Kier molecular flexibility index (Phi) is 2.74. The number of aromatic nitrogens is 1. The highest BCUT2D eigenvalue weighted by atomic mass is 79.9. The van der Waals surface area contributed by atoms with E-state index in [1.807, 2.05) is 12.1 Å². The first kappa shape index (κ1) is 9.55. The van der Waals surface area contributed by atoms with Gasteiger partial charge in [-0.25, -0.2) is 0 Å². The highest BCUT2D eigenvalue weighted by Crippen LogP contribution is 2.13. The smallest absolute Gasteiger partial charge is 0.212 e. The van der Waals surface area contributed by atoms with Gasteiger partial charge in [0.05, 0.1) is 0 Å². The number of rotatable bonds is 2. The molecule has 0 amide bonds. The van der Waals surface area contributed by atoms with Crippen LogP contribution >= 0.6 is 27.5 Å². The lowest BCUT2D eigenvalue weighted by atomic mass is 10.1. The molecule has 1 aromatic carbocycles. The fraction of sp³-hybridized carbons (Fsp3) is 0. The molecule has 70 valence electrons. The Balaban J connectivity index is 2.33. The Morgan fingerprint density at radius 3 is 2.50 bits per heavy atom. The van der Waals surface area contributed by atoms with E-state index in [1.54, 1.807) is 23.6 Å². The zero-order chi connectivity index (χ0) is 9.97. The van der Waals surface area contributed by atoms with Crippen molar-refractivity contribution in [3.63, 3.8) is 0 Å². The predicted octanol–water partition coefficient (Wildman–Crippen LogP) is 3.14. The molecule has 14 heavy (non-hydrogen) atoms. The number of hydrogen-bond acceptors (Lipinski definition) is 3. The highest BCUT2D eigenvalue weighted by Gasteiger charge is 2.09. The lowest BCUT2D eigenvalue weighted by Crippen LogP contribution is -2.00. The molecule has 0 N–H and O–H groups in total. The van der Waals surface area contributed by atoms with Crippen LogP contribution in [0.5, 0.6) is 0 Å². The molecule has 4 heteroatoms. The summed E-state index contributed by atoms with van der Waals surface area (Å²) in [5.74, 6) is -0.0289. The number of ketones is 1. The van der Waals surface area contributed by atoms with Crippen molar-refractivity contribution >= 4 is 33.2 Å². The van der Waals surface area contributed by atoms with Crippen LogP contribution in [0.2, 0.25) is 0 Å². The number of benzene rings is 1. The summed E-state index contributed by atoms with van der Waals surface area (Å²) >= 11 is 4.60. The third-order valence-electron chi connectivity index (χ3n) is 1.78. The predicted molar refractivity (Wildman–Crippen MR) is 59.7 cm³/mol. The summed E-state index contributed by atoms with van der Waals surface area (Å²) in [6, 6.07) is 8.99. The van der Waals surface area contributed by atoms with E-state index in [-0.39, 0.29) is 5.78 Å². The second-order valence-corrected chi connectivity index (χ2v) is 4.30. The number of halogens is 1. The maximum absolute atomic E-state index is 11.7. The number of nitrogens with zero attached hydrogens (tertiary/aromatic N) is 1. The molecular formula is C10H6BrNOS. The minimum absolute atomic E-state index is 0.0289. The molecule has 0 aliphatic carbocycles. The fourth-order valence-electron chi connectivity index (χ4n) is 1.08. The first-order chi connectivity index (χ1) is 6.77. The van der Waals surface area contributed by atoms with E-state index in [4.69, 9.17) is 0 Å². The molecular weight excluding hydrogens is 262 g/mol. The van der Waals surface area contributed by atoms with E-state index in [2.05, 4.69) is 20.3 Å². The summed E-state index contributed by atoms with van der Waals surface area (Å²) in [5, 5.41) is 1.80. The number of carbonyl (C=O) groups is 1. The van der Waals surface area contributed by atoms with Crippen LogP contribution in [-0.4, -0.2) is 10.2 Å². The number of hydrogen-bond donors (Lipinski definition) is 0. The maximum atomic E-state index is 11.7. The van der Waals surface area contributed by atoms with Crippen LogP contribution in [-0.2, 0) is 0 Å². The summed E-state index contributed by atoms with van der Waals surface area (Å²) < 4.78 is 4.96. The molecule has 2 aromatic rings. The van der Waals surface area contributed by atoms with Gasteiger partial charge in [-0.05, 0) is 41.9 Å². The van der Waals surface area contributed by atoms with Crippen LogP contribution in [0.4, 0.5) is 0 Å². The molecule has 0 fully saturated rings. The molecule has 0 aliphatic rings. The van der Waals surface area contributed by atoms with Crippen molar-refractivity contribution in [2.75, 3.05) is 0 Å². The van der Waals surface area contributed by atoms with Crippen LogP contribution in [0.15, 0.2) is 40.2 Å². The van der Waals surface area contributed by atoms with Gasteiger partial charge in [-0.1, -0.05) is 15.9 Å². The van der Waals surface area contributed by atoms with Crippen molar-refractivity contribution in [3.05, 3.63) is 51.4 Å². The highest BCUT2D eigenvalue weighted by molar-refractivity contribution is 9.10. The second-order valence-electron chi connectivity index (χ2n) is 2.72. The Bertz CT molecular complexity index is 436. The Morgan fingerprint density at radius 1 is 1.21 bits per heavy atom. The molecule has 1 aromatic heterocycles. The van der Waals surface area contributed by atoms with E-state index in [9.17, 15) is 4.79 Å². The largest absolute Gasteiger partial charge is 0.287 e. The standard InChI is InChI=1S/C10H6BrNOS/c11-8-3-1-7(2-4-8)10(13)9-5-6-14-12-9/h1-6H. The van der Waals surface area contributed by atoms with Crippen LogP contribution in [0.3, 0.4) is 0 Å². The first-order valence-corrected chi connectivity index (χ1v) is 5.61. The molecule has 0 spiro atoms. The molecule has 2 rings (SSSR count). The summed E-state index contributed by atoms with van der Waals surface area (Å²) in [4.78, 5) is 11.7. The van der Waals surface area contributed by atoms with Gasteiger partial charge >= 0.3 is 0 Å². The van der Waals surface area contributed by atoms with Gasteiger partial charge in [0, 0.05) is 15.4 Å². The zero-order valence-electron chi connectivity index (χ0n) is 7.11. The van der Waals surface area contributed by atoms with Crippen LogP contribution < -0.4 is 0 Å². The zero-order valence-corrected chi connectivity index (χ0v) is 9.51. The van der Waals surface area contributed by atoms with Crippen molar-refractivity contribution < 1.29 is 4.79 Å². The van der Waals surface area contributed by atoms with E-state index in [1.165, 1.54) is 11.5 Å². The van der Waals surface area contributed by atoms with Gasteiger partial charge in [0.1, 0.15) is 5.69 Å². The normalized spacial score (nSPS) is 10.1. The SMILES string of the molecule is O=C(c1ccc(Br)cc1)c1ccsn1.